The molecule has 84 valence electrons. The maximum absolute atomic E-state index is 2.46. The van der Waals surface area contributed by atoms with Crippen LogP contribution in [-0.4, -0.2) is 0 Å². The van der Waals surface area contributed by atoms with Crippen molar-refractivity contribution in [3.63, 3.8) is 0 Å². The number of unbranched alkanes of at least 4 members (excludes halogenated alkanes) is 1. The van der Waals surface area contributed by atoms with Crippen molar-refractivity contribution >= 4 is 0 Å². The van der Waals surface area contributed by atoms with E-state index in [-0.39, 0.29) is 0 Å². The third kappa shape index (κ3) is 3.63. The lowest BCUT2D eigenvalue weighted by atomic mass is 9.86. The fraction of sp³-hybridized carbons (Fsp3) is 1.00. The molecule has 4 unspecified atom stereocenters. The molecule has 0 aromatic carbocycles. The number of rotatable bonds is 3. The first-order chi connectivity index (χ1) is 6.63. The van der Waals surface area contributed by atoms with E-state index in [4.69, 9.17) is 0 Å². The Morgan fingerprint density at radius 2 is 1.57 bits per heavy atom. The normalized spacial score (nSPS) is 39.4. The lowest BCUT2D eigenvalue weighted by molar-refractivity contribution is 0.317. The van der Waals surface area contributed by atoms with Crippen molar-refractivity contribution in [3.8, 4) is 0 Å². The summed E-state index contributed by atoms with van der Waals surface area (Å²) in [5, 5.41) is 0. The molecule has 4 atom stereocenters. The molecule has 0 saturated heterocycles. The molecule has 0 nitrogen and oxygen atoms in total. The lowest BCUT2D eigenvalue weighted by Gasteiger charge is -2.19. The quantitative estimate of drug-likeness (QED) is 0.564. The molecule has 1 rings (SSSR count). The highest BCUT2D eigenvalue weighted by Crippen LogP contribution is 2.36. The molecular weight excluding hydrogens is 168 g/mol. The van der Waals surface area contributed by atoms with Gasteiger partial charge in [-0.05, 0) is 42.9 Å². The van der Waals surface area contributed by atoms with Crippen molar-refractivity contribution in [1.82, 2.24) is 0 Å². The Hall–Kier alpha value is 0. The summed E-state index contributed by atoms with van der Waals surface area (Å²) < 4.78 is 0. The van der Waals surface area contributed by atoms with Gasteiger partial charge in [0, 0.05) is 0 Å². The van der Waals surface area contributed by atoms with E-state index in [0.29, 0.717) is 0 Å². The van der Waals surface area contributed by atoms with Gasteiger partial charge >= 0.3 is 0 Å². The maximum Gasteiger partial charge on any atom is -0.0409 e. The van der Waals surface area contributed by atoms with Crippen LogP contribution >= 0.6 is 0 Å². The van der Waals surface area contributed by atoms with E-state index in [1.165, 1.54) is 38.5 Å². The van der Waals surface area contributed by atoms with Gasteiger partial charge in [-0.2, -0.15) is 0 Å². The first-order valence-electron chi connectivity index (χ1n) is 6.63. The van der Waals surface area contributed by atoms with Crippen LogP contribution in [0.25, 0.3) is 0 Å². The second kappa shape index (κ2) is 5.78. The summed E-state index contributed by atoms with van der Waals surface area (Å²) in [6, 6.07) is 0. The monoisotopic (exact) mass is 196 g/mol. The van der Waals surface area contributed by atoms with Gasteiger partial charge in [0.1, 0.15) is 0 Å². The highest BCUT2D eigenvalue weighted by Gasteiger charge is 2.25. The summed E-state index contributed by atoms with van der Waals surface area (Å²) >= 11 is 0. The standard InChI is InChI=1S/C14H28/c1-5-6-7-14-9-11(2)8-12(3)13(4)10-14/h11-14H,5-10H2,1-4H3. The second-order valence-corrected chi connectivity index (χ2v) is 5.78. The van der Waals surface area contributed by atoms with Crippen LogP contribution in [0.15, 0.2) is 0 Å². The van der Waals surface area contributed by atoms with Gasteiger partial charge in [0.25, 0.3) is 0 Å². The summed E-state index contributed by atoms with van der Waals surface area (Å²) in [6.45, 7) is 9.67. The molecule has 0 spiro atoms. The van der Waals surface area contributed by atoms with Crippen LogP contribution < -0.4 is 0 Å². The first-order valence-corrected chi connectivity index (χ1v) is 6.63. The molecule has 0 aliphatic heterocycles. The molecule has 14 heavy (non-hydrogen) atoms. The number of hydrogen-bond acceptors (Lipinski definition) is 0. The van der Waals surface area contributed by atoms with E-state index in [9.17, 15) is 0 Å². The number of hydrogen-bond donors (Lipinski definition) is 0. The zero-order valence-corrected chi connectivity index (χ0v) is 10.6. The molecule has 1 fully saturated rings. The van der Waals surface area contributed by atoms with Crippen molar-refractivity contribution in [1.29, 1.82) is 0 Å². The van der Waals surface area contributed by atoms with E-state index < -0.39 is 0 Å². The van der Waals surface area contributed by atoms with E-state index in [1.807, 2.05) is 0 Å². The first kappa shape index (κ1) is 12.1. The molecule has 0 heterocycles. The van der Waals surface area contributed by atoms with E-state index >= 15 is 0 Å². The van der Waals surface area contributed by atoms with Crippen LogP contribution in [-0.2, 0) is 0 Å². The smallest absolute Gasteiger partial charge is 0.0409 e. The fourth-order valence-electron chi connectivity index (χ4n) is 3.12. The van der Waals surface area contributed by atoms with Crippen molar-refractivity contribution < 1.29 is 0 Å². The molecule has 1 aliphatic carbocycles. The highest BCUT2D eigenvalue weighted by atomic mass is 14.3. The van der Waals surface area contributed by atoms with Crippen LogP contribution in [0.2, 0.25) is 0 Å². The van der Waals surface area contributed by atoms with Crippen molar-refractivity contribution in [3.05, 3.63) is 0 Å². The largest absolute Gasteiger partial charge is 0.0654 e. The fourth-order valence-corrected chi connectivity index (χ4v) is 3.12. The molecular formula is C14H28. The Morgan fingerprint density at radius 3 is 2.21 bits per heavy atom. The van der Waals surface area contributed by atoms with Gasteiger partial charge in [0.15, 0.2) is 0 Å². The Bertz CT molecular complexity index is 150. The third-order valence-electron chi connectivity index (χ3n) is 4.15. The topological polar surface area (TPSA) is 0 Å². The van der Waals surface area contributed by atoms with Gasteiger partial charge in [0.2, 0.25) is 0 Å². The van der Waals surface area contributed by atoms with Crippen LogP contribution in [0.4, 0.5) is 0 Å². The maximum atomic E-state index is 2.46. The summed E-state index contributed by atoms with van der Waals surface area (Å²) in [5.41, 5.74) is 0. The van der Waals surface area contributed by atoms with Gasteiger partial charge in [-0.15, -0.1) is 0 Å². The zero-order valence-electron chi connectivity index (χ0n) is 10.6. The SMILES string of the molecule is CCCCC1CC(C)CC(C)C(C)C1. The predicted octanol–water partition coefficient (Wildman–Crippen LogP) is 4.89. The van der Waals surface area contributed by atoms with Crippen molar-refractivity contribution in [2.45, 2.75) is 66.2 Å². The highest BCUT2D eigenvalue weighted by molar-refractivity contribution is 4.76. The van der Waals surface area contributed by atoms with Gasteiger partial charge < -0.3 is 0 Å². The molecule has 0 heteroatoms. The Morgan fingerprint density at radius 1 is 0.929 bits per heavy atom. The van der Waals surface area contributed by atoms with E-state index in [0.717, 1.165) is 23.7 Å². The molecule has 0 aromatic rings. The van der Waals surface area contributed by atoms with Crippen molar-refractivity contribution in [2.24, 2.45) is 23.7 Å². The lowest BCUT2D eigenvalue weighted by Crippen LogP contribution is -2.09. The second-order valence-electron chi connectivity index (χ2n) is 5.78. The summed E-state index contributed by atoms with van der Waals surface area (Å²) in [7, 11) is 0. The Labute approximate surface area is 90.5 Å². The minimum Gasteiger partial charge on any atom is -0.0654 e. The zero-order chi connectivity index (χ0) is 10.6. The average molecular weight is 196 g/mol. The van der Waals surface area contributed by atoms with Gasteiger partial charge in [-0.1, -0.05) is 47.0 Å². The summed E-state index contributed by atoms with van der Waals surface area (Å²) in [5.74, 6) is 3.92. The molecule has 0 amide bonds. The molecule has 0 radical (unpaired) electrons. The van der Waals surface area contributed by atoms with Crippen LogP contribution in [0, 0.1) is 23.7 Å². The molecule has 1 saturated carbocycles. The van der Waals surface area contributed by atoms with Crippen LogP contribution in [0.5, 0.6) is 0 Å². The van der Waals surface area contributed by atoms with E-state index in [1.54, 1.807) is 0 Å². The average Bonchev–Trinajstić information content (AvgIpc) is 2.23. The van der Waals surface area contributed by atoms with Crippen LogP contribution in [0.1, 0.15) is 66.2 Å². The predicted molar refractivity (Wildman–Crippen MR) is 64.4 cm³/mol. The Kier molecular flexibility index (Phi) is 4.98. The van der Waals surface area contributed by atoms with Crippen LogP contribution in [0.3, 0.4) is 0 Å². The molecule has 1 aliphatic rings. The minimum absolute atomic E-state index is 0.955. The molecule has 0 bridgehead atoms. The summed E-state index contributed by atoms with van der Waals surface area (Å²) in [4.78, 5) is 0. The van der Waals surface area contributed by atoms with E-state index in [2.05, 4.69) is 27.7 Å². The Balaban J connectivity index is 2.43. The summed E-state index contributed by atoms with van der Waals surface area (Å²) in [6.07, 6.45) is 8.75. The molecule has 0 N–H and O–H groups in total. The minimum atomic E-state index is 0.955. The van der Waals surface area contributed by atoms with Crippen molar-refractivity contribution in [2.75, 3.05) is 0 Å². The van der Waals surface area contributed by atoms with Gasteiger partial charge in [0.05, 0.1) is 0 Å². The molecule has 0 aromatic heterocycles. The van der Waals surface area contributed by atoms with Gasteiger partial charge in [-0.3, -0.25) is 0 Å². The third-order valence-corrected chi connectivity index (χ3v) is 4.15. The van der Waals surface area contributed by atoms with Gasteiger partial charge in [-0.25, -0.2) is 0 Å².